The third kappa shape index (κ3) is 1.70. The molecule has 3 atom stereocenters. The van der Waals surface area contributed by atoms with Gasteiger partial charge in [-0.15, -0.1) is 0 Å². The number of carboxylic acids is 1. The van der Waals surface area contributed by atoms with Crippen molar-refractivity contribution in [3.63, 3.8) is 0 Å². The zero-order valence-electron chi connectivity index (χ0n) is 8.70. The number of fused-ring (bicyclic) bond motifs is 2. The molecule has 14 heavy (non-hydrogen) atoms. The highest BCUT2D eigenvalue weighted by Gasteiger charge is 2.40. The summed E-state index contributed by atoms with van der Waals surface area (Å²) in [4.78, 5) is 10.7. The van der Waals surface area contributed by atoms with Crippen molar-refractivity contribution in [1.82, 2.24) is 0 Å². The van der Waals surface area contributed by atoms with Crippen LogP contribution >= 0.6 is 0 Å². The second-order valence-electron chi connectivity index (χ2n) is 5.00. The van der Waals surface area contributed by atoms with E-state index in [9.17, 15) is 4.79 Å². The molecule has 2 rings (SSSR count). The van der Waals surface area contributed by atoms with Gasteiger partial charge in [0.1, 0.15) is 0 Å². The van der Waals surface area contributed by atoms with E-state index in [0.29, 0.717) is 5.41 Å². The van der Waals surface area contributed by atoms with Crippen molar-refractivity contribution < 1.29 is 9.90 Å². The van der Waals surface area contributed by atoms with Crippen LogP contribution in [0, 0.1) is 17.3 Å². The van der Waals surface area contributed by atoms with Crippen LogP contribution in [-0.2, 0) is 4.79 Å². The lowest BCUT2D eigenvalue weighted by Crippen LogP contribution is -2.16. The monoisotopic (exact) mass is 194 g/mol. The molecule has 0 heterocycles. The van der Waals surface area contributed by atoms with Crippen LogP contribution in [0.15, 0.2) is 12.2 Å². The first kappa shape index (κ1) is 9.75. The fourth-order valence-corrected chi connectivity index (χ4v) is 2.79. The summed E-state index contributed by atoms with van der Waals surface area (Å²) < 4.78 is 0. The standard InChI is InChI=1S/C12H18O2/c1-9(11(13)14)2-5-12-6-3-10(8-12)4-7-12/h3,6,9-10H,2,4-5,7-8H2,1H3,(H,13,14). The molecule has 0 aromatic carbocycles. The first-order valence-corrected chi connectivity index (χ1v) is 5.53. The largest absolute Gasteiger partial charge is 0.481 e. The van der Waals surface area contributed by atoms with Gasteiger partial charge in [-0.3, -0.25) is 4.79 Å². The van der Waals surface area contributed by atoms with Gasteiger partial charge in [0.05, 0.1) is 5.92 Å². The van der Waals surface area contributed by atoms with E-state index in [1.54, 1.807) is 0 Å². The fraction of sp³-hybridized carbons (Fsp3) is 0.750. The number of carboxylic acid groups (broad SMARTS) is 1. The predicted octanol–water partition coefficient (Wildman–Crippen LogP) is 2.84. The summed E-state index contributed by atoms with van der Waals surface area (Å²) in [5.41, 5.74) is 0.383. The molecule has 2 bridgehead atoms. The minimum atomic E-state index is -0.655. The average molecular weight is 194 g/mol. The lowest BCUT2D eigenvalue weighted by molar-refractivity contribution is -0.141. The maximum absolute atomic E-state index is 10.7. The van der Waals surface area contributed by atoms with Gasteiger partial charge >= 0.3 is 5.97 Å². The van der Waals surface area contributed by atoms with Gasteiger partial charge in [-0.2, -0.15) is 0 Å². The Balaban J connectivity index is 1.86. The maximum Gasteiger partial charge on any atom is 0.306 e. The molecule has 1 saturated carbocycles. The summed E-state index contributed by atoms with van der Waals surface area (Å²) in [5, 5.41) is 8.80. The lowest BCUT2D eigenvalue weighted by atomic mass is 9.81. The molecular weight excluding hydrogens is 176 g/mol. The van der Waals surface area contributed by atoms with Crippen molar-refractivity contribution in [3.8, 4) is 0 Å². The van der Waals surface area contributed by atoms with Crippen molar-refractivity contribution in [1.29, 1.82) is 0 Å². The minimum Gasteiger partial charge on any atom is -0.481 e. The van der Waals surface area contributed by atoms with Crippen molar-refractivity contribution in [2.75, 3.05) is 0 Å². The highest BCUT2D eigenvalue weighted by molar-refractivity contribution is 5.69. The first-order valence-electron chi connectivity index (χ1n) is 5.53. The van der Waals surface area contributed by atoms with Crippen molar-refractivity contribution in [3.05, 3.63) is 12.2 Å². The Bertz CT molecular complexity index is 269. The molecule has 3 unspecified atom stereocenters. The van der Waals surface area contributed by atoms with E-state index in [-0.39, 0.29) is 5.92 Å². The van der Waals surface area contributed by atoms with E-state index in [2.05, 4.69) is 12.2 Å². The van der Waals surface area contributed by atoms with Gasteiger partial charge in [-0.05, 0) is 43.4 Å². The van der Waals surface area contributed by atoms with Crippen LogP contribution in [-0.4, -0.2) is 11.1 Å². The molecular formula is C12H18O2. The van der Waals surface area contributed by atoms with Crippen molar-refractivity contribution in [2.24, 2.45) is 17.3 Å². The molecule has 2 aliphatic carbocycles. The van der Waals surface area contributed by atoms with Gasteiger partial charge in [0.25, 0.3) is 0 Å². The molecule has 0 spiro atoms. The number of hydrogen-bond acceptors (Lipinski definition) is 1. The molecule has 1 fully saturated rings. The van der Waals surface area contributed by atoms with Crippen LogP contribution in [0.3, 0.4) is 0 Å². The summed E-state index contributed by atoms with van der Waals surface area (Å²) in [5.74, 6) is -0.0366. The smallest absolute Gasteiger partial charge is 0.306 e. The molecule has 0 aromatic heterocycles. The first-order chi connectivity index (χ1) is 6.61. The zero-order chi connectivity index (χ0) is 10.2. The van der Waals surface area contributed by atoms with Gasteiger partial charge in [-0.25, -0.2) is 0 Å². The molecule has 0 radical (unpaired) electrons. The molecule has 1 N–H and O–H groups in total. The van der Waals surface area contributed by atoms with E-state index >= 15 is 0 Å². The summed E-state index contributed by atoms with van der Waals surface area (Å²) in [7, 11) is 0. The van der Waals surface area contributed by atoms with Crippen LogP contribution in [0.5, 0.6) is 0 Å². The Labute approximate surface area is 85.0 Å². The van der Waals surface area contributed by atoms with E-state index in [1.807, 2.05) is 6.92 Å². The summed E-state index contributed by atoms with van der Waals surface area (Å²) in [6, 6.07) is 0. The Morgan fingerprint density at radius 2 is 2.50 bits per heavy atom. The summed E-state index contributed by atoms with van der Waals surface area (Å²) in [6.45, 7) is 1.81. The van der Waals surface area contributed by atoms with Crippen LogP contribution < -0.4 is 0 Å². The van der Waals surface area contributed by atoms with Crippen molar-refractivity contribution >= 4 is 5.97 Å². The number of allylic oxidation sites excluding steroid dienone is 2. The molecule has 2 aliphatic rings. The quantitative estimate of drug-likeness (QED) is 0.699. The van der Waals surface area contributed by atoms with Gasteiger partial charge < -0.3 is 5.11 Å². The Morgan fingerprint density at radius 1 is 1.71 bits per heavy atom. The van der Waals surface area contributed by atoms with Crippen LogP contribution in [0.25, 0.3) is 0 Å². The predicted molar refractivity (Wildman–Crippen MR) is 54.9 cm³/mol. The second-order valence-corrected chi connectivity index (χ2v) is 5.00. The van der Waals surface area contributed by atoms with E-state index < -0.39 is 5.97 Å². The van der Waals surface area contributed by atoms with Crippen LogP contribution in [0.2, 0.25) is 0 Å². The van der Waals surface area contributed by atoms with E-state index in [1.165, 1.54) is 19.3 Å². The number of carbonyl (C=O) groups is 1. The zero-order valence-corrected chi connectivity index (χ0v) is 8.70. The SMILES string of the molecule is CC(CCC12C=CC(CC1)C2)C(=O)O. The second kappa shape index (κ2) is 3.41. The molecule has 0 aliphatic heterocycles. The third-order valence-corrected chi connectivity index (χ3v) is 3.90. The van der Waals surface area contributed by atoms with Gasteiger partial charge in [0, 0.05) is 0 Å². The molecule has 0 amide bonds. The van der Waals surface area contributed by atoms with Gasteiger partial charge in [0.2, 0.25) is 0 Å². The number of aliphatic carboxylic acids is 1. The Kier molecular flexibility index (Phi) is 2.38. The molecule has 2 heteroatoms. The number of rotatable bonds is 4. The van der Waals surface area contributed by atoms with E-state index in [0.717, 1.165) is 18.8 Å². The lowest BCUT2D eigenvalue weighted by Gasteiger charge is -2.24. The molecule has 0 saturated heterocycles. The fourth-order valence-electron chi connectivity index (χ4n) is 2.79. The van der Waals surface area contributed by atoms with E-state index in [4.69, 9.17) is 5.11 Å². The van der Waals surface area contributed by atoms with Crippen LogP contribution in [0.4, 0.5) is 0 Å². The minimum absolute atomic E-state index is 0.183. The van der Waals surface area contributed by atoms with Crippen molar-refractivity contribution in [2.45, 2.75) is 39.0 Å². The van der Waals surface area contributed by atoms with Gasteiger partial charge in [0.15, 0.2) is 0 Å². The highest BCUT2D eigenvalue weighted by Crippen LogP contribution is 2.52. The topological polar surface area (TPSA) is 37.3 Å². The Hall–Kier alpha value is -0.790. The average Bonchev–Trinajstić information content (AvgIpc) is 2.74. The molecule has 2 nitrogen and oxygen atoms in total. The van der Waals surface area contributed by atoms with Crippen LogP contribution in [0.1, 0.15) is 39.0 Å². The molecule has 78 valence electrons. The number of hydrogen-bond donors (Lipinski definition) is 1. The summed E-state index contributed by atoms with van der Waals surface area (Å²) in [6.07, 6.45) is 10.4. The molecule has 0 aromatic rings. The maximum atomic E-state index is 10.7. The highest BCUT2D eigenvalue weighted by atomic mass is 16.4. The Morgan fingerprint density at radius 3 is 2.93 bits per heavy atom. The van der Waals surface area contributed by atoms with Gasteiger partial charge in [-0.1, -0.05) is 19.1 Å². The normalized spacial score (nSPS) is 36.2. The summed E-state index contributed by atoms with van der Waals surface area (Å²) >= 11 is 0. The third-order valence-electron chi connectivity index (χ3n) is 3.90.